The highest BCUT2D eigenvalue weighted by atomic mass is 16.2. The number of aryl methyl sites for hydroxylation is 2. The molecule has 2 heterocycles. The van der Waals surface area contributed by atoms with Gasteiger partial charge in [0.05, 0.1) is 11.3 Å². The molecule has 1 amide bonds. The van der Waals surface area contributed by atoms with Crippen molar-refractivity contribution in [3.63, 3.8) is 0 Å². The van der Waals surface area contributed by atoms with Gasteiger partial charge in [0.1, 0.15) is 0 Å². The van der Waals surface area contributed by atoms with Crippen molar-refractivity contribution < 1.29 is 4.79 Å². The molecule has 4 rings (SSSR count). The van der Waals surface area contributed by atoms with Crippen LogP contribution in [0.25, 0.3) is 0 Å². The van der Waals surface area contributed by atoms with Crippen LogP contribution in [0.5, 0.6) is 0 Å². The third kappa shape index (κ3) is 2.66. The van der Waals surface area contributed by atoms with Crippen molar-refractivity contribution >= 4 is 17.3 Å². The Morgan fingerprint density at radius 3 is 2.56 bits per heavy atom. The minimum absolute atomic E-state index is 0.0310. The largest absolute Gasteiger partial charge is 0.360 e. The van der Waals surface area contributed by atoms with Crippen LogP contribution >= 0.6 is 0 Å². The van der Waals surface area contributed by atoms with Crippen molar-refractivity contribution in [1.29, 1.82) is 0 Å². The highest BCUT2D eigenvalue weighted by Gasteiger charge is 2.39. The Labute approximate surface area is 147 Å². The lowest BCUT2D eigenvalue weighted by Crippen LogP contribution is -2.32. The molecule has 0 saturated carbocycles. The summed E-state index contributed by atoms with van der Waals surface area (Å²) in [5.41, 5.74) is 5.62. The molecule has 0 spiro atoms. The van der Waals surface area contributed by atoms with E-state index in [-0.39, 0.29) is 12.1 Å². The van der Waals surface area contributed by atoms with Gasteiger partial charge in [0.2, 0.25) is 0 Å². The molecule has 0 fully saturated rings. The molecule has 0 unspecified atom stereocenters. The van der Waals surface area contributed by atoms with Crippen LogP contribution in [-0.2, 0) is 0 Å². The van der Waals surface area contributed by atoms with Crippen LogP contribution in [0.3, 0.4) is 0 Å². The summed E-state index contributed by atoms with van der Waals surface area (Å²) in [5, 5.41) is 3.51. The smallest absolute Gasteiger partial charge is 0.262 e. The number of nitrogens with one attached hydrogen (secondary N) is 1. The Balaban J connectivity index is 1.80. The van der Waals surface area contributed by atoms with Crippen LogP contribution in [-0.4, -0.2) is 10.9 Å². The third-order valence-corrected chi connectivity index (χ3v) is 4.51. The number of fused-ring (bicyclic) bond motifs is 1. The van der Waals surface area contributed by atoms with E-state index < -0.39 is 0 Å². The molecule has 1 N–H and O–H groups in total. The molecule has 4 nitrogen and oxygen atoms in total. The molecule has 1 atom stereocenters. The second kappa shape index (κ2) is 6.06. The first-order chi connectivity index (χ1) is 12.1. The van der Waals surface area contributed by atoms with Gasteiger partial charge in [-0.15, -0.1) is 0 Å². The molecule has 0 bridgehead atoms. The van der Waals surface area contributed by atoms with Crippen LogP contribution in [0.4, 0.5) is 11.4 Å². The maximum absolute atomic E-state index is 13.0. The average Bonchev–Trinajstić information content (AvgIpc) is 2.91. The molecule has 2 aromatic carbocycles. The first-order valence-electron chi connectivity index (χ1n) is 8.32. The zero-order valence-electron chi connectivity index (χ0n) is 14.2. The number of benzene rings is 2. The number of para-hydroxylation sites is 1. The summed E-state index contributed by atoms with van der Waals surface area (Å²) in [4.78, 5) is 19.2. The quantitative estimate of drug-likeness (QED) is 0.771. The molecule has 25 heavy (non-hydrogen) atoms. The lowest BCUT2D eigenvalue weighted by Gasteiger charge is -2.27. The first kappa shape index (κ1) is 15.4. The Hall–Kier alpha value is -3.14. The third-order valence-electron chi connectivity index (χ3n) is 4.51. The molecular formula is C21H19N3O. The van der Waals surface area contributed by atoms with E-state index in [0.717, 1.165) is 22.6 Å². The summed E-state index contributed by atoms with van der Waals surface area (Å²) >= 11 is 0. The first-order valence-corrected chi connectivity index (χ1v) is 8.32. The molecule has 4 heteroatoms. The van der Waals surface area contributed by atoms with Crippen LogP contribution in [0.15, 0.2) is 66.9 Å². The lowest BCUT2D eigenvalue weighted by molar-refractivity contribution is 0.0993. The van der Waals surface area contributed by atoms with E-state index in [1.54, 1.807) is 17.2 Å². The van der Waals surface area contributed by atoms with Gasteiger partial charge in [-0.2, -0.15) is 0 Å². The van der Waals surface area contributed by atoms with Crippen molar-refractivity contribution in [1.82, 2.24) is 4.98 Å². The number of amides is 1. The fourth-order valence-corrected chi connectivity index (χ4v) is 3.30. The zero-order valence-corrected chi connectivity index (χ0v) is 14.2. The summed E-state index contributed by atoms with van der Waals surface area (Å²) in [6, 6.07) is 19.6. The molecule has 1 aliphatic heterocycles. The molecule has 124 valence electrons. The van der Waals surface area contributed by atoms with Gasteiger partial charge in [-0.05, 0) is 49.7 Å². The summed E-state index contributed by atoms with van der Waals surface area (Å²) < 4.78 is 0. The fraction of sp³-hybridized carbons (Fsp3) is 0.143. The molecule has 0 radical (unpaired) electrons. The minimum Gasteiger partial charge on any atom is -0.360 e. The normalized spacial score (nSPS) is 16.0. The average molecular weight is 329 g/mol. The SMILES string of the molecule is Cc1ccc(N[C@@H]2c3ncccc3C(=O)N2c2ccccc2)c(C)c1. The van der Waals surface area contributed by atoms with E-state index >= 15 is 0 Å². The van der Waals surface area contributed by atoms with Crippen LogP contribution in [0.1, 0.15) is 33.3 Å². The standard InChI is InChI=1S/C21H19N3O/c1-14-10-11-18(15(2)13-14)23-20-19-17(9-6-12-22-19)21(25)24(20)16-7-4-3-5-8-16/h3-13,20,23H,1-2H3/t20-/m0/s1. The maximum Gasteiger partial charge on any atom is 0.262 e. The van der Waals surface area contributed by atoms with Crippen molar-refractivity contribution in [2.45, 2.75) is 20.0 Å². The van der Waals surface area contributed by atoms with Gasteiger partial charge in [-0.3, -0.25) is 14.7 Å². The van der Waals surface area contributed by atoms with Gasteiger partial charge in [0.15, 0.2) is 6.17 Å². The number of carbonyl (C=O) groups excluding carboxylic acids is 1. The van der Waals surface area contributed by atoms with E-state index in [1.165, 1.54) is 5.56 Å². The topological polar surface area (TPSA) is 45.2 Å². The van der Waals surface area contributed by atoms with Gasteiger partial charge in [-0.25, -0.2) is 0 Å². The number of anilines is 2. The lowest BCUT2D eigenvalue weighted by atomic mass is 10.1. The summed E-state index contributed by atoms with van der Waals surface area (Å²) in [6.07, 6.45) is 1.41. The van der Waals surface area contributed by atoms with Crippen LogP contribution in [0.2, 0.25) is 0 Å². The van der Waals surface area contributed by atoms with Gasteiger partial charge < -0.3 is 5.32 Å². The minimum atomic E-state index is -0.326. The van der Waals surface area contributed by atoms with E-state index in [1.807, 2.05) is 36.4 Å². The van der Waals surface area contributed by atoms with Crippen molar-refractivity contribution in [2.75, 3.05) is 10.2 Å². The van der Waals surface area contributed by atoms with Gasteiger partial charge in [0.25, 0.3) is 5.91 Å². The van der Waals surface area contributed by atoms with E-state index in [0.29, 0.717) is 5.56 Å². The number of aromatic nitrogens is 1. The number of hydrogen-bond acceptors (Lipinski definition) is 3. The van der Waals surface area contributed by atoms with Gasteiger partial charge >= 0.3 is 0 Å². The van der Waals surface area contributed by atoms with E-state index in [4.69, 9.17) is 0 Å². The van der Waals surface area contributed by atoms with Crippen LogP contribution < -0.4 is 10.2 Å². The van der Waals surface area contributed by atoms with E-state index in [2.05, 4.69) is 42.3 Å². The predicted octanol–water partition coefficient (Wildman–Crippen LogP) is 4.47. The van der Waals surface area contributed by atoms with Crippen molar-refractivity contribution in [2.24, 2.45) is 0 Å². The predicted molar refractivity (Wildman–Crippen MR) is 99.8 cm³/mol. The summed E-state index contributed by atoms with van der Waals surface area (Å²) in [5.74, 6) is -0.0310. The van der Waals surface area contributed by atoms with Crippen LogP contribution in [0, 0.1) is 13.8 Å². The Morgan fingerprint density at radius 1 is 1.00 bits per heavy atom. The zero-order chi connectivity index (χ0) is 17.4. The van der Waals surface area contributed by atoms with Crippen molar-refractivity contribution in [3.8, 4) is 0 Å². The maximum atomic E-state index is 13.0. The Kier molecular flexibility index (Phi) is 3.73. The molecule has 1 aromatic heterocycles. The molecule has 0 saturated heterocycles. The molecule has 0 aliphatic carbocycles. The number of carbonyl (C=O) groups is 1. The number of rotatable bonds is 3. The van der Waals surface area contributed by atoms with Gasteiger partial charge in [-0.1, -0.05) is 35.9 Å². The monoisotopic (exact) mass is 329 g/mol. The molecular weight excluding hydrogens is 310 g/mol. The Bertz CT molecular complexity index is 937. The highest BCUT2D eigenvalue weighted by molar-refractivity contribution is 6.11. The summed E-state index contributed by atoms with van der Waals surface area (Å²) in [6.45, 7) is 4.14. The second-order valence-corrected chi connectivity index (χ2v) is 6.31. The number of nitrogens with zero attached hydrogens (tertiary/aromatic N) is 2. The summed E-state index contributed by atoms with van der Waals surface area (Å²) in [7, 11) is 0. The van der Waals surface area contributed by atoms with E-state index in [9.17, 15) is 4.79 Å². The fourth-order valence-electron chi connectivity index (χ4n) is 3.30. The Morgan fingerprint density at radius 2 is 1.80 bits per heavy atom. The molecule has 3 aromatic rings. The van der Waals surface area contributed by atoms with Gasteiger partial charge in [0, 0.05) is 17.6 Å². The highest BCUT2D eigenvalue weighted by Crippen LogP contribution is 2.37. The number of hydrogen-bond donors (Lipinski definition) is 1. The molecule has 1 aliphatic rings. The van der Waals surface area contributed by atoms with Crippen molar-refractivity contribution in [3.05, 3.63) is 89.2 Å². The number of pyridine rings is 1. The second-order valence-electron chi connectivity index (χ2n) is 6.31.